The molecule has 0 aromatic heterocycles. The normalized spacial score (nSPS) is 18.2. The third kappa shape index (κ3) is 3.99. The lowest BCUT2D eigenvalue weighted by Crippen LogP contribution is -2.14. The van der Waals surface area contributed by atoms with Crippen LogP contribution in [-0.2, 0) is 0 Å². The number of hydrogen-bond donors (Lipinski definition) is 1. The predicted octanol–water partition coefficient (Wildman–Crippen LogP) is 4.62. The number of aliphatic hydroxyl groups excluding tert-OH is 1. The summed E-state index contributed by atoms with van der Waals surface area (Å²) in [7, 11) is 0. The number of rotatable bonds is 5. The summed E-state index contributed by atoms with van der Waals surface area (Å²) in [6.07, 6.45) is 6.34. The van der Waals surface area contributed by atoms with Gasteiger partial charge < -0.3 is 9.84 Å². The van der Waals surface area contributed by atoms with E-state index < -0.39 is 6.10 Å². The fraction of sp³-hybridized carbons (Fsp3) is 0.667. The third-order valence-corrected chi connectivity index (χ3v) is 4.21. The Morgan fingerprint density at radius 2 is 1.85 bits per heavy atom. The zero-order chi connectivity index (χ0) is 14.5. The highest BCUT2D eigenvalue weighted by atomic mass is 16.5. The van der Waals surface area contributed by atoms with Crippen molar-refractivity contribution in [3.8, 4) is 5.75 Å². The standard InChI is InChI=1S/C18H28O2/c1-13(2)17-11-16(15-7-5-4-6-8-15)9-10-18(17)20-12-14(3)19/h9-11,13-15,19H,4-8,12H2,1-3H3. The molecule has 1 aromatic rings. The number of benzene rings is 1. The number of hydrogen-bond acceptors (Lipinski definition) is 2. The summed E-state index contributed by atoms with van der Waals surface area (Å²) in [4.78, 5) is 0. The minimum atomic E-state index is -0.423. The molecule has 2 rings (SSSR count). The van der Waals surface area contributed by atoms with Crippen LogP contribution in [-0.4, -0.2) is 17.8 Å². The van der Waals surface area contributed by atoms with Gasteiger partial charge in [-0.05, 0) is 48.8 Å². The first kappa shape index (κ1) is 15.4. The van der Waals surface area contributed by atoms with Gasteiger partial charge in [-0.25, -0.2) is 0 Å². The van der Waals surface area contributed by atoms with E-state index in [4.69, 9.17) is 4.74 Å². The molecule has 0 amide bonds. The van der Waals surface area contributed by atoms with Gasteiger partial charge in [0.25, 0.3) is 0 Å². The molecule has 0 heterocycles. The van der Waals surface area contributed by atoms with E-state index in [1.807, 2.05) is 0 Å². The van der Waals surface area contributed by atoms with Crippen molar-refractivity contribution in [2.45, 2.75) is 70.8 Å². The molecule has 1 saturated carbocycles. The van der Waals surface area contributed by atoms with Gasteiger partial charge in [-0.1, -0.05) is 45.2 Å². The summed E-state index contributed by atoms with van der Waals surface area (Å²) in [5.41, 5.74) is 2.74. The lowest BCUT2D eigenvalue weighted by atomic mass is 9.83. The maximum atomic E-state index is 9.38. The average Bonchev–Trinajstić information content (AvgIpc) is 2.45. The van der Waals surface area contributed by atoms with Crippen molar-refractivity contribution in [3.63, 3.8) is 0 Å². The molecule has 1 unspecified atom stereocenters. The Bertz CT molecular complexity index is 417. The first-order valence-electron chi connectivity index (χ1n) is 8.02. The van der Waals surface area contributed by atoms with Crippen molar-refractivity contribution in [3.05, 3.63) is 29.3 Å². The topological polar surface area (TPSA) is 29.5 Å². The molecule has 1 aromatic carbocycles. The second-order valence-electron chi connectivity index (χ2n) is 6.45. The van der Waals surface area contributed by atoms with Crippen LogP contribution in [0.5, 0.6) is 5.75 Å². The molecule has 20 heavy (non-hydrogen) atoms. The molecule has 0 radical (unpaired) electrons. The van der Waals surface area contributed by atoms with Gasteiger partial charge in [-0.3, -0.25) is 0 Å². The van der Waals surface area contributed by atoms with Gasteiger partial charge in [0, 0.05) is 0 Å². The molecular formula is C18H28O2. The van der Waals surface area contributed by atoms with Crippen LogP contribution in [0.3, 0.4) is 0 Å². The van der Waals surface area contributed by atoms with E-state index in [1.165, 1.54) is 43.2 Å². The fourth-order valence-electron chi connectivity index (χ4n) is 3.05. The van der Waals surface area contributed by atoms with E-state index in [-0.39, 0.29) is 0 Å². The van der Waals surface area contributed by atoms with Crippen molar-refractivity contribution in [1.82, 2.24) is 0 Å². The summed E-state index contributed by atoms with van der Waals surface area (Å²) < 4.78 is 5.75. The lowest BCUT2D eigenvalue weighted by molar-refractivity contribution is 0.122. The SMILES string of the molecule is CC(O)COc1ccc(C2CCCCC2)cc1C(C)C. The van der Waals surface area contributed by atoms with E-state index in [1.54, 1.807) is 6.92 Å². The Balaban J connectivity index is 2.17. The van der Waals surface area contributed by atoms with Crippen molar-refractivity contribution in [1.29, 1.82) is 0 Å². The molecular weight excluding hydrogens is 248 g/mol. The highest BCUT2D eigenvalue weighted by molar-refractivity contribution is 5.40. The quantitative estimate of drug-likeness (QED) is 0.850. The van der Waals surface area contributed by atoms with Crippen molar-refractivity contribution < 1.29 is 9.84 Å². The zero-order valence-corrected chi connectivity index (χ0v) is 13.1. The van der Waals surface area contributed by atoms with E-state index in [0.29, 0.717) is 12.5 Å². The average molecular weight is 276 g/mol. The highest BCUT2D eigenvalue weighted by Crippen LogP contribution is 2.36. The van der Waals surface area contributed by atoms with E-state index in [2.05, 4.69) is 32.0 Å². The Hall–Kier alpha value is -1.02. The number of aliphatic hydroxyl groups is 1. The molecule has 1 aliphatic carbocycles. The van der Waals surface area contributed by atoms with E-state index >= 15 is 0 Å². The van der Waals surface area contributed by atoms with E-state index in [9.17, 15) is 5.11 Å². The Morgan fingerprint density at radius 1 is 1.15 bits per heavy atom. The molecule has 0 bridgehead atoms. The van der Waals surface area contributed by atoms with Gasteiger partial charge in [0.15, 0.2) is 0 Å². The highest BCUT2D eigenvalue weighted by Gasteiger charge is 2.18. The first-order chi connectivity index (χ1) is 9.58. The Morgan fingerprint density at radius 3 is 2.45 bits per heavy atom. The van der Waals surface area contributed by atoms with Crippen molar-refractivity contribution in [2.75, 3.05) is 6.61 Å². The zero-order valence-electron chi connectivity index (χ0n) is 13.1. The second kappa shape index (κ2) is 7.12. The molecule has 2 nitrogen and oxygen atoms in total. The van der Waals surface area contributed by atoms with Gasteiger partial charge in [-0.2, -0.15) is 0 Å². The smallest absolute Gasteiger partial charge is 0.122 e. The monoisotopic (exact) mass is 276 g/mol. The van der Waals surface area contributed by atoms with Crippen molar-refractivity contribution in [2.24, 2.45) is 0 Å². The van der Waals surface area contributed by atoms with Gasteiger partial charge in [-0.15, -0.1) is 0 Å². The summed E-state index contributed by atoms with van der Waals surface area (Å²) in [5, 5.41) is 9.38. The van der Waals surface area contributed by atoms with Crippen LogP contribution in [0.2, 0.25) is 0 Å². The van der Waals surface area contributed by atoms with Crippen LogP contribution in [0.15, 0.2) is 18.2 Å². The van der Waals surface area contributed by atoms with Crippen LogP contribution in [0, 0.1) is 0 Å². The maximum absolute atomic E-state index is 9.38. The van der Waals surface area contributed by atoms with Gasteiger partial charge in [0.05, 0.1) is 6.10 Å². The maximum Gasteiger partial charge on any atom is 0.122 e. The molecule has 0 aliphatic heterocycles. The van der Waals surface area contributed by atoms with Gasteiger partial charge in [0.2, 0.25) is 0 Å². The van der Waals surface area contributed by atoms with E-state index in [0.717, 1.165) is 11.7 Å². The molecule has 1 fully saturated rings. The van der Waals surface area contributed by atoms with Crippen LogP contribution < -0.4 is 4.74 Å². The summed E-state index contributed by atoms with van der Waals surface area (Å²) in [5.74, 6) is 2.11. The van der Waals surface area contributed by atoms with Gasteiger partial charge >= 0.3 is 0 Å². The van der Waals surface area contributed by atoms with Crippen LogP contribution >= 0.6 is 0 Å². The predicted molar refractivity (Wildman–Crippen MR) is 83.5 cm³/mol. The molecule has 1 N–H and O–H groups in total. The molecule has 2 heteroatoms. The Labute approximate surface area is 123 Å². The molecule has 1 aliphatic rings. The second-order valence-corrected chi connectivity index (χ2v) is 6.45. The summed E-state index contributed by atoms with van der Waals surface area (Å²) >= 11 is 0. The third-order valence-electron chi connectivity index (χ3n) is 4.21. The summed E-state index contributed by atoms with van der Waals surface area (Å²) in [6, 6.07) is 6.65. The summed E-state index contributed by atoms with van der Waals surface area (Å²) in [6.45, 7) is 6.53. The molecule has 1 atom stereocenters. The lowest BCUT2D eigenvalue weighted by Gasteiger charge is -2.24. The van der Waals surface area contributed by atoms with Crippen molar-refractivity contribution >= 4 is 0 Å². The van der Waals surface area contributed by atoms with Crippen LogP contribution in [0.1, 0.15) is 75.8 Å². The minimum Gasteiger partial charge on any atom is -0.491 e. The van der Waals surface area contributed by atoms with Crippen LogP contribution in [0.25, 0.3) is 0 Å². The first-order valence-corrected chi connectivity index (χ1v) is 8.02. The minimum absolute atomic E-state index is 0.364. The molecule has 112 valence electrons. The van der Waals surface area contributed by atoms with Gasteiger partial charge in [0.1, 0.15) is 12.4 Å². The molecule has 0 saturated heterocycles. The van der Waals surface area contributed by atoms with Crippen LogP contribution in [0.4, 0.5) is 0 Å². The number of ether oxygens (including phenoxy) is 1. The largest absolute Gasteiger partial charge is 0.491 e. The molecule has 0 spiro atoms. The Kier molecular flexibility index (Phi) is 5.47. The fourth-order valence-corrected chi connectivity index (χ4v) is 3.05.